The zero-order valence-electron chi connectivity index (χ0n) is 20.2. The number of halogens is 2. The number of pyridine rings is 1. The van der Waals surface area contributed by atoms with Gasteiger partial charge in [0, 0.05) is 23.7 Å². The number of anilines is 3. The van der Waals surface area contributed by atoms with E-state index in [4.69, 9.17) is 4.74 Å². The van der Waals surface area contributed by atoms with Gasteiger partial charge in [0.05, 0.1) is 16.9 Å². The number of aromatic nitrogens is 5. The van der Waals surface area contributed by atoms with E-state index in [1.807, 2.05) is 4.57 Å². The van der Waals surface area contributed by atoms with Crippen LogP contribution in [-0.4, -0.2) is 39.5 Å². The first-order valence-corrected chi connectivity index (χ1v) is 14.4. The molecule has 0 spiro atoms. The van der Waals surface area contributed by atoms with Crippen LogP contribution in [0.1, 0.15) is 25.5 Å². The largest absolute Gasteiger partial charge is 0.358 e. The molecule has 4 aromatic heterocycles. The van der Waals surface area contributed by atoms with Crippen LogP contribution in [0.15, 0.2) is 64.8 Å². The molecule has 14 heteroatoms. The van der Waals surface area contributed by atoms with E-state index in [1.165, 1.54) is 35.3 Å². The smallest absolute Gasteiger partial charge is 0.262 e. The van der Waals surface area contributed by atoms with Gasteiger partial charge in [0.25, 0.3) is 10.0 Å². The number of thiophene rings is 1. The number of hydrogen-bond acceptors (Lipinski definition) is 9. The topological polar surface area (TPSA) is 124 Å². The second-order valence-corrected chi connectivity index (χ2v) is 11.2. The molecule has 1 atom stereocenters. The lowest BCUT2D eigenvalue weighted by molar-refractivity contribution is -0.0298. The highest BCUT2D eigenvalue weighted by Gasteiger charge is 2.24. The summed E-state index contributed by atoms with van der Waals surface area (Å²) in [5, 5.41) is 5.68. The van der Waals surface area contributed by atoms with Crippen LogP contribution in [0.5, 0.6) is 0 Å². The molecule has 1 fully saturated rings. The molecule has 10 nitrogen and oxygen atoms in total. The van der Waals surface area contributed by atoms with E-state index in [2.05, 4.69) is 30.0 Å². The molecule has 0 bridgehead atoms. The number of benzene rings is 1. The molecule has 1 aliphatic rings. The van der Waals surface area contributed by atoms with Crippen molar-refractivity contribution in [2.24, 2.45) is 0 Å². The van der Waals surface area contributed by atoms with Crippen LogP contribution in [0.25, 0.3) is 22.4 Å². The number of imidazole rings is 1. The fraction of sp³-hybridized carbons (Fsp3) is 0.200. The van der Waals surface area contributed by atoms with Crippen LogP contribution in [-0.2, 0) is 14.8 Å². The Labute approximate surface area is 225 Å². The van der Waals surface area contributed by atoms with Crippen molar-refractivity contribution < 1.29 is 21.9 Å². The third-order valence-electron chi connectivity index (χ3n) is 6.27. The van der Waals surface area contributed by atoms with Gasteiger partial charge in [0.2, 0.25) is 0 Å². The van der Waals surface area contributed by atoms with E-state index in [-0.39, 0.29) is 16.9 Å². The third-order valence-corrected chi connectivity index (χ3v) is 8.47. The fourth-order valence-corrected chi connectivity index (χ4v) is 6.46. The standard InChI is InChI=1S/C25H21F2N7O3S2/c26-17-6-7-18(33-39(35,36)15-8-11-38-12-15)20(27)22(17)32-24-16(4-3-9-28-24)21-23-25(30-13-29-21)34(14-31-23)19-5-1-2-10-37-19/h3-4,6-9,11-14,19,33H,1-2,5,10H2,(H,28,32). The van der Waals surface area contributed by atoms with Crippen LogP contribution in [0.3, 0.4) is 0 Å². The first-order valence-electron chi connectivity index (χ1n) is 12.0. The van der Waals surface area contributed by atoms with Crippen molar-refractivity contribution in [3.63, 3.8) is 0 Å². The molecule has 5 aromatic rings. The second kappa shape index (κ2) is 10.3. The summed E-state index contributed by atoms with van der Waals surface area (Å²) in [5.74, 6) is -1.97. The van der Waals surface area contributed by atoms with Gasteiger partial charge < -0.3 is 10.1 Å². The van der Waals surface area contributed by atoms with Gasteiger partial charge in [0.1, 0.15) is 41.1 Å². The summed E-state index contributed by atoms with van der Waals surface area (Å²) in [7, 11) is -4.06. The summed E-state index contributed by atoms with van der Waals surface area (Å²) in [5.41, 5.74) is 0.859. The Morgan fingerprint density at radius 3 is 2.77 bits per heavy atom. The van der Waals surface area contributed by atoms with Crippen molar-refractivity contribution in [2.75, 3.05) is 16.6 Å². The monoisotopic (exact) mass is 569 g/mol. The summed E-state index contributed by atoms with van der Waals surface area (Å²) >= 11 is 1.18. The predicted octanol–water partition coefficient (Wildman–Crippen LogP) is 5.47. The number of hydrogen-bond donors (Lipinski definition) is 2. The van der Waals surface area contributed by atoms with E-state index in [0.29, 0.717) is 29.0 Å². The molecule has 0 radical (unpaired) electrons. The number of rotatable bonds is 7. The zero-order valence-corrected chi connectivity index (χ0v) is 21.8. The van der Waals surface area contributed by atoms with Crippen molar-refractivity contribution in [1.29, 1.82) is 0 Å². The molecule has 0 aliphatic carbocycles. The van der Waals surface area contributed by atoms with Gasteiger partial charge in [-0.15, -0.1) is 0 Å². The van der Waals surface area contributed by atoms with Crippen LogP contribution in [0, 0.1) is 11.6 Å². The molecule has 2 N–H and O–H groups in total. The van der Waals surface area contributed by atoms with E-state index in [1.54, 1.807) is 23.8 Å². The maximum Gasteiger partial charge on any atom is 0.262 e. The first kappa shape index (κ1) is 25.3. The number of nitrogens with zero attached hydrogens (tertiary/aromatic N) is 5. The van der Waals surface area contributed by atoms with Gasteiger partial charge in [-0.2, -0.15) is 11.3 Å². The second-order valence-electron chi connectivity index (χ2n) is 8.74. The zero-order chi connectivity index (χ0) is 27.0. The van der Waals surface area contributed by atoms with Crippen LogP contribution in [0.4, 0.5) is 26.0 Å². The van der Waals surface area contributed by atoms with Crippen molar-refractivity contribution in [3.05, 3.63) is 71.6 Å². The quantitative estimate of drug-likeness (QED) is 0.264. The lowest BCUT2D eigenvalue weighted by atomic mass is 10.1. The van der Waals surface area contributed by atoms with E-state index in [9.17, 15) is 12.8 Å². The Bertz CT molecular complexity index is 1760. The van der Waals surface area contributed by atoms with Gasteiger partial charge in [-0.3, -0.25) is 9.29 Å². The van der Waals surface area contributed by atoms with Gasteiger partial charge in [-0.25, -0.2) is 37.1 Å². The molecule has 0 amide bonds. The SMILES string of the molecule is O=S(=O)(Nc1ccc(F)c(Nc2ncccc2-c2ncnc3c2ncn3C2CCCCO2)c1F)c1ccsc1. The molecule has 5 heterocycles. The van der Waals surface area contributed by atoms with Gasteiger partial charge in [-0.05, 0) is 55.0 Å². The van der Waals surface area contributed by atoms with Crippen LogP contribution >= 0.6 is 11.3 Å². The van der Waals surface area contributed by atoms with Crippen LogP contribution < -0.4 is 10.0 Å². The molecule has 200 valence electrons. The summed E-state index contributed by atoms with van der Waals surface area (Å²) in [6, 6.07) is 6.72. The Hall–Kier alpha value is -4.01. The number of nitrogens with one attached hydrogen (secondary N) is 2. The summed E-state index contributed by atoms with van der Waals surface area (Å²) < 4.78 is 65.5. The molecule has 1 unspecified atom stereocenters. The predicted molar refractivity (Wildman–Crippen MR) is 142 cm³/mol. The summed E-state index contributed by atoms with van der Waals surface area (Å²) in [4.78, 5) is 17.6. The first-order chi connectivity index (χ1) is 18.9. The lowest BCUT2D eigenvalue weighted by Crippen LogP contribution is -2.17. The van der Waals surface area contributed by atoms with Gasteiger partial charge in [-0.1, -0.05) is 0 Å². The highest BCUT2D eigenvalue weighted by atomic mass is 32.2. The normalized spacial score (nSPS) is 15.9. The van der Waals surface area contributed by atoms with Crippen molar-refractivity contribution >= 4 is 49.7 Å². The Balaban J connectivity index is 1.37. The fourth-order valence-electron chi connectivity index (χ4n) is 4.37. The Morgan fingerprint density at radius 1 is 1.08 bits per heavy atom. The van der Waals surface area contributed by atoms with Gasteiger partial charge in [0.15, 0.2) is 11.5 Å². The minimum atomic E-state index is -4.06. The van der Waals surface area contributed by atoms with Gasteiger partial charge >= 0.3 is 0 Å². The van der Waals surface area contributed by atoms with E-state index in [0.717, 1.165) is 31.4 Å². The lowest BCUT2D eigenvalue weighted by Gasteiger charge is -2.23. The third kappa shape index (κ3) is 4.82. The number of ether oxygens (including phenoxy) is 1. The molecule has 0 saturated carbocycles. The molecule has 1 saturated heterocycles. The van der Waals surface area contributed by atoms with Crippen molar-refractivity contribution in [3.8, 4) is 11.3 Å². The summed E-state index contributed by atoms with van der Waals surface area (Å²) in [6.07, 6.45) is 7.15. The number of sulfonamides is 1. The van der Waals surface area contributed by atoms with Crippen molar-refractivity contribution in [1.82, 2.24) is 24.5 Å². The number of fused-ring (bicyclic) bond motifs is 1. The highest BCUT2D eigenvalue weighted by molar-refractivity contribution is 7.92. The Morgan fingerprint density at radius 2 is 1.97 bits per heavy atom. The summed E-state index contributed by atoms with van der Waals surface area (Å²) in [6.45, 7) is 0.651. The Kier molecular flexibility index (Phi) is 6.66. The highest BCUT2D eigenvalue weighted by Crippen LogP contribution is 2.35. The van der Waals surface area contributed by atoms with E-state index < -0.39 is 33.0 Å². The molecular formula is C25H21F2N7O3S2. The maximum absolute atomic E-state index is 15.5. The minimum Gasteiger partial charge on any atom is -0.358 e. The molecule has 1 aliphatic heterocycles. The molecule has 39 heavy (non-hydrogen) atoms. The average molecular weight is 570 g/mol. The van der Waals surface area contributed by atoms with Crippen molar-refractivity contribution in [2.45, 2.75) is 30.4 Å². The minimum absolute atomic E-state index is 0.0245. The molecule has 6 rings (SSSR count). The molecule has 1 aromatic carbocycles. The average Bonchev–Trinajstić information content (AvgIpc) is 3.65. The van der Waals surface area contributed by atoms with E-state index >= 15 is 4.39 Å². The molecular weight excluding hydrogens is 548 g/mol. The maximum atomic E-state index is 15.5. The van der Waals surface area contributed by atoms with Crippen LogP contribution in [0.2, 0.25) is 0 Å².